The van der Waals surface area contributed by atoms with Crippen molar-refractivity contribution in [2.45, 2.75) is 6.61 Å². The highest BCUT2D eigenvalue weighted by Crippen LogP contribution is 2.33. The van der Waals surface area contributed by atoms with E-state index in [9.17, 15) is 13.6 Å². The normalized spacial score (nSPS) is 10.5. The number of rotatable bonds is 6. The van der Waals surface area contributed by atoms with E-state index in [2.05, 4.69) is 4.74 Å². The summed E-state index contributed by atoms with van der Waals surface area (Å²) in [6.45, 7) is -3.04. The van der Waals surface area contributed by atoms with E-state index in [-0.39, 0.29) is 22.8 Å². The van der Waals surface area contributed by atoms with Gasteiger partial charge in [0.1, 0.15) is 5.75 Å². The number of para-hydroxylation sites is 1. The van der Waals surface area contributed by atoms with Gasteiger partial charge in [-0.2, -0.15) is 14.0 Å². The fraction of sp³-hybridized carbons (Fsp3) is 0.111. The Balaban J connectivity index is 2.18. The fourth-order valence-electron chi connectivity index (χ4n) is 1.98. The standard InChI is InChI=1S/C18H13F2NO4/c1-23-15-7-3-5-13(17(15)25-18(19)20)8-9-16(22)24-14-6-2-4-12(10-14)11-21/h2-10,18H,1H3/b9-8+. The number of hydrogen-bond acceptors (Lipinski definition) is 5. The van der Waals surface area contributed by atoms with E-state index in [0.717, 1.165) is 6.08 Å². The quantitative estimate of drug-likeness (QED) is 0.453. The third-order valence-electron chi connectivity index (χ3n) is 3.02. The van der Waals surface area contributed by atoms with Gasteiger partial charge in [0, 0.05) is 11.6 Å². The molecule has 0 spiro atoms. The molecule has 0 unspecified atom stereocenters. The molecule has 0 N–H and O–H groups in total. The van der Waals surface area contributed by atoms with E-state index >= 15 is 0 Å². The van der Waals surface area contributed by atoms with E-state index < -0.39 is 12.6 Å². The Morgan fingerprint density at radius 1 is 1.24 bits per heavy atom. The van der Waals surface area contributed by atoms with E-state index in [1.165, 1.54) is 37.5 Å². The van der Waals surface area contributed by atoms with Crippen molar-refractivity contribution in [2.24, 2.45) is 0 Å². The second-order valence-corrected chi connectivity index (χ2v) is 4.65. The Morgan fingerprint density at radius 2 is 2.00 bits per heavy atom. The maximum atomic E-state index is 12.6. The minimum atomic E-state index is -3.04. The highest BCUT2D eigenvalue weighted by atomic mass is 19.3. The summed E-state index contributed by atoms with van der Waals surface area (Å²) in [6.07, 6.45) is 2.34. The molecule has 0 aromatic heterocycles. The van der Waals surface area contributed by atoms with Gasteiger partial charge in [-0.1, -0.05) is 18.2 Å². The number of benzene rings is 2. The molecule has 2 aromatic carbocycles. The van der Waals surface area contributed by atoms with Crippen LogP contribution in [0.3, 0.4) is 0 Å². The average Bonchev–Trinajstić information content (AvgIpc) is 2.60. The summed E-state index contributed by atoms with van der Waals surface area (Å²) in [5, 5.41) is 8.81. The average molecular weight is 345 g/mol. The van der Waals surface area contributed by atoms with Gasteiger partial charge in [-0.15, -0.1) is 0 Å². The van der Waals surface area contributed by atoms with Crippen molar-refractivity contribution in [2.75, 3.05) is 7.11 Å². The van der Waals surface area contributed by atoms with Crippen LogP contribution >= 0.6 is 0 Å². The molecule has 25 heavy (non-hydrogen) atoms. The summed E-state index contributed by atoms with van der Waals surface area (Å²) in [7, 11) is 1.32. The lowest BCUT2D eigenvalue weighted by atomic mass is 10.1. The lowest BCUT2D eigenvalue weighted by molar-refractivity contribution is -0.128. The van der Waals surface area contributed by atoms with Crippen molar-refractivity contribution in [1.29, 1.82) is 5.26 Å². The van der Waals surface area contributed by atoms with Crippen molar-refractivity contribution in [1.82, 2.24) is 0 Å². The van der Waals surface area contributed by atoms with E-state index in [4.69, 9.17) is 14.7 Å². The maximum Gasteiger partial charge on any atom is 0.387 e. The first kappa shape index (κ1) is 17.9. The smallest absolute Gasteiger partial charge is 0.387 e. The number of nitriles is 1. The van der Waals surface area contributed by atoms with Crippen molar-refractivity contribution in [3.63, 3.8) is 0 Å². The molecule has 0 saturated carbocycles. The number of nitrogens with zero attached hydrogens (tertiary/aromatic N) is 1. The third-order valence-corrected chi connectivity index (χ3v) is 3.02. The molecule has 0 amide bonds. The minimum absolute atomic E-state index is 0.109. The predicted molar refractivity (Wildman–Crippen MR) is 85.5 cm³/mol. The number of alkyl halides is 2. The SMILES string of the molecule is COc1cccc(/C=C/C(=O)Oc2cccc(C#N)c2)c1OC(F)F. The Labute approximate surface area is 142 Å². The van der Waals surface area contributed by atoms with Gasteiger partial charge in [-0.05, 0) is 30.3 Å². The predicted octanol–water partition coefficient (Wildman–Crippen LogP) is 3.79. The molecular weight excluding hydrogens is 332 g/mol. The zero-order valence-electron chi connectivity index (χ0n) is 13.1. The Morgan fingerprint density at radius 3 is 2.68 bits per heavy atom. The first-order chi connectivity index (χ1) is 12.0. The maximum absolute atomic E-state index is 12.6. The van der Waals surface area contributed by atoms with Gasteiger partial charge in [-0.3, -0.25) is 0 Å². The van der Waals surface area contributed by atoms with Crippen molar-refractivity contribution >= 4 is 12.0 Å². The third kappa shape index (κ3) is 5.04. The molecule has 0 radical (unpaired) electrons. The van der Waals surface area contributed by atoms with Crippen LogP contribution in [0.1, 0.15) is 11.1 Å². The zero-order valence-corrected chi connectivity index (χ0v) is 13.1. The molecule has 0 heterocycles. The van der Waals surface area contributed by atoms with Crippen LogP contribution in [0.25, 0.3) is 6.08 Å². The fourth-order valence-corrected chi connectivity index (χ4v) is 1.98. The van der Waals surface area contributed by atoms with Gasteiger partial charge in [0.2, 0.25) is 0 Å². The van der Waals surface area contributed by atoms with Crippen LogP contribution in [0.2, 0.25) is 0 Å². The topological polar surface area (TPSA) is 68.5 Å². The van der Waals surface area contributed by atoms with Gasteiger partial charge in [0.25, 0.3) is 0 Å². The van der Waals surface area contributed by atoms with Crippen LogP contribution in [0, 0.1) is 11.3 Å². The van der Waals surface area contributed by atoms with Crippen LogP contribution in [0.4, 0.5) is 8.78 Å². The van der Waals surface area contributed by atoms with E-state index in [1.807, 2.05) is 6.07 Å². The molecular formula is C18H13F2NO4. The Bertz CT molecular complexity index is 828. The van der Waals surface area contributed by atoms with Crippen molar-refractivity contribution in [3.05, 3.63) is 59.7 Å². The van der Waals surface area contributed by atoms with Gasteiger partial charge in [-0.25, -0.2) is 4.79 Å². The second kappa shape index (κ2) is 8.45. The molecule has 0 fully saturated rings. The summed E-state index contributed by atoms with van der Waals surface area (Å²) >= 11 is 0. The molecule has 0 bridgehead atoms. The zero-order chi connectivity index (χ0) is 18.2. The van der Waals surface area contributed by atoms with Gasteiger partial charge >= 0.3 is 12.6 Å². The van der Waals surface area contributed by atoms with Crippen molar-refractivity contribution in [3.8, 4) is 23.3 Å². The summed E-state index contributed by atoms with van der Waals surface area (Å²) < 4.78 is 39.6. The molecule has 5 nitrogen and oxygen atoms in total. The lowest BCUT2D eigenvalue weighted by Gasteiger charge is -2.12. The van der Waals surface area contributed by atoms with E-state index in [0.29, 0.717) is 5.56 Å². The van der Waals surface area contributed by atoms with Gasteiger partial charge < -0.3 is 14.2 Å². The molecule has 0 atom stereocenters. The first-order valence-electron chi connectivity index (χ1n) is 7.05. The monoisotopic (exact) mass is 345 g/mol. The van der Waals surface area contributed by atoms with Gasteiger partial charge in [0.15, 0.2) is 11.5 Å². The van der Waals surface area contributed by atoms with Crippen LogP contribution < -0.4 is 14.2 Å². The van der Waals surface area contributed by atoms with Crippen molar-refractivity contribution < 1.29 is 27.8 Å². The lowest BCUT2D eigenvalue weighted by Crippen LogP contribution is -2.06. The summed E-state index contributed by atoms with van der Waals surface area (Å²) in [6, 6.07) is 12.5. The molecule has 2 rings (SSSR count). The number of carbonyl (C=O) groups is 1. The molecule has 2 aromatic rings. The molecule has 128 valence electrons. The molecule has 0 saturated heterocycles. The summed E-state index contributed by atoms with van der Waals surface area (Å²) in [5.74, 6) is -0.614. The first-order valence-corrected chi connectivity index (χ1v) is 7.05. The Kier molecular flexibility index (Phi) is 6.07. The van der Waals surface area contributed by atoms with Gasteiger partial charge in [0.05, 0.1) is 18.7 Å². The number of esters is 1. The number of hydrogen-bond donors (Lipinski definition) is 0. The highest BCUT2D eigenvalue weighted by Gasteiger charge is 2.14. The number of carbonyl (C=O) groups excluding carboxylic acids is 1. The van der Waals surface area contributed by atoms with Crippen LogP contribution in [0.5, 0.6) is 17.2 Å². The Hall–Kier alpha value is -3.40. The molecule has 0 aliphatic rings. The van der Waals surface area contributed by atoms with Crippen LogP contribution in [0.15, 0.2) is 48.5 Å². The summed E-state index contributed by atoms with van der Waals surface area (Å²) in [5.41, 5.74) is 0.567. The largest absolute Gasteiger partial charge is 0.493 e. The number of methoxy groups -OCH3 is 1. The van der Waals surface area contributed by atoms with Crippen LogP contribution in [-0.4, -0.2) is 19.7 Å². The molecule has 0 aliphatic heterocycles. The minimum Gasteiger partial charge on any atom is -0.493 e. The number of ether oxygens (including phenoxy) is 3. The molecule has 7 heteroatoms. The van der Waals surface area contributed by atoms with E-state index in [1.54, 1.807) is 18.2 Å². The molecule has 0 aliphatic carbocycles. The van der Waals surface area contributed by atoms with Crippen LogP contribution in [-0.2, 0) is 4.79 Å². The number of halogens is 2. The second-order valence-electron chi connectivity index (χ2n) is 4.65. The highest BCUT2D eigenvalue weighted by molar-refractivity contribution is 5.89. The summed E-state index contributed by atoms with van der Waals surface area (Å²) in [4.78, 5) is 11.9.